The van der Waals surface area contributed by atoms with Gasteiger partial charge in [0, 0.05) is 45.8 Å². The van der Waals surface area contributed by atoms with Gasteiger partial charge in [0.25, 0.3) is 0 Å². The SMILES string of the molecule is CCNC(=NCCCCn1cnnc1)N1CCC(CN(CC)C(=O)OC(C)(C)C)CC1.I. The van der Waals surface area contributed by atoms with Crippen LogP contribution in [0.25, 0.3) is 0 Å². The molecule has 1 amide bonds. The van der Waals surface area contributed by atoms with E-state index in [2.05, 4.69) is 27.3 Å². The molecule has 1 aromatic heterocycles. The number of nitrogens with zero attached hydrogens (tertiary/aromatic N) is 6. The molecular formula is C22H42IN7O2. The van der Waals surface area contributed by atoms with Crippen molar-refractivity contribution in [1.29, 1.82) is 0 Å². The predicted octanol–water partition coefficient (Wildman–Crippen LogP) is 3.61. The lowest BCUT2D eigenvalue weighted by molar-refractivity contribution is 0.0214. The molecule has 10 heteroatoms. The van der Waals surface area contributed by atoms with E-state index in [1.54, 1.807) is 12.7 Å². The number of unbranched alkanes of at least 4 members (excludes halogenated alkanes) is 1. The lowest BCUT2D eigenvalue weighted by atomic mass is 9.96. The topological polar surface area (TPSA) is 87.9 Å². The van der Waals surface area contributed by atoms with Crippen LogP contribution in [-0.2, 0) is 11.3 Å². The fraction of sp³-hybridized carbons (Fsp3) is 0.818. The first kappa shape index (κ1) is 28.4. The summed E-state index contributed by atoms with van der Waals surface area (Å²) < 4.78 is 7.55. The molecule has 32 heavy (non-hydrogen) atoms. The van der Waals surface area contributed by atoms with E-state index >= 15 is 0 Å². The number of aryl methyl sites for hydroxylation is 1. The lowest BCUT2D eigenvalue weighted by Gasteiger charge is -2.36. The van der Waals surface area contributed by atoms with Gasteiger partial charge in [-0.1, -0.05) is 0 Å². The Morgan fingerprint density at radius 2 is 1.84 bits per heavy atom. The van der Waals surface area contributed by atoms with E-state index in [-0.39, 0.29) is 30.1 Å². The summed E-state index contributed by atoms with van der Waals surface area (Å²) in [4.78, 5) is 21.4. The zero-order chi connectivity index (χ0) is 22.7. The Morgan fingerprint density at radius 1 is 1.19 bits per heavy atom. The van der Waals surface area contributed by atoms with Crippen molar-refractivity contribution in [2.75, 3.05) is 39.3 Å². The molecule has 0 unspecified atom stereocenters. The first-order valence-corrected chi connectivity index (χ1v) is 11.7. The largest absolute Gasteiger partial charge is 0.444 e. The Morgan fingerprint density at radius 3 is 2.41 bits per heavy atom. The van der Waals surface area contributed by atoms with Crippen molar-refractivity contribution in [2.45, 2.75) is 72.4 Å². The maximum Gasteiger partial charge on any atom is 0.410 e. The average Bonchev–Trinajstić information content (AvgIpc) is 3.23. The van der Waals surface area contributed by atoms with Gasteiger partial charge < -0.3 is 24.4 Å². The van der Waals surface area contributed by atoms with Crippen LogP contribution in [0.3, 0.4) is 0 Å². The first-order valence-electron chi connectivity index (χ1n) is 11.7. The summed E-state index contributed by atoms with van der Waals surface area (Å²) in [5.74, 6) is 1.50. The summed E-state index contributed by atoms with van der Waals surface area (Å²) in [6.45, 7) is 15.8. The lowest BCUT2D eigenvalue weighted by Crippen LogP contribution is -2.48. The highest BCUT2D eigenvalue weighted by Gasteiger charge is 2.27. The molecule has 0 spiro atoms. The number of hydrogen-bond acceptors (Lipinski definition) is 5. The predicted molar refractivity (Wildman–Crippen MR) is 138 cm³/mol. The van der Waals surface area contributed by atoms with Crippen LogP contribution >= 0.6 is 24.0 Å². The highest BCUT2D eigenvalue weighted by molar-refractivity contribution is 14.0. The Balaban J connectivity index is 0.00000512. The molecule has 1 aromatic rings. The van der Waals surface area contributed by atoms with Crippen LogP contribution in [0.1, 0.15) is 60.3 Å². The molecule has 1 aliphatic heterocycles. The smallest absolute Gasteiger partial charge is 0.410 e. The van der Waals surface area contributed by atoms with Gasteiger partial charge in [-0.2, -0.15) is 0 Å². The van der Waals surface area contributed by atoms with E-state index in [1.165, 1.54) is 0 Å². The van der Waals surface area contributed by atoms with E-state index in [0.717, 1.165) is 70.9 Å². The van der Waals surface area contributed by atoms with Crippen LogP contribution in [0.5, 0.6) is 0 Å². The normalized spacial score (nSPS) is 15.3. The van der Waals surface area contributed by atoms with Crippen molar-refractivity contribution >= 4 is 36.0 Å². The summed E-state index contributed by atoms with van der Waals surface area (Å²) >= 11 is 0. The van der Waals surface area contributed by atoms with E-state index in [9.17, 15) is 4.79 Å². The number of hydrogen-bond donors (Lipinski definition) is 1. The van der Waals surface area contributed by atoms with Crippen molar-refractivity contribution in [3.63, 3.8) is 0 Å². The number of aliphatic imine (C=N–C) groups is 1. The van der Waals surface area contributed by atoms with E-state index in [0.29, 0.717) is 12.5 Å². The molecule has 0 saturated carbocycles. The molecule has 0 atom stereocenters. The van der Waals surface area contributed by atoms with Crippen LogP contribution in [0.15, 0.2) is 17.6 Å². The number of piperidine rings is 1. The van der Waals surface area contributed by atoms with Crippen LogP contribution < -0.4 is 5.32 Å². The van der Waals surface area contributed by atoms with Crippen molar-refractivity contribution in [3.8, 4) is 0 Å². The number of amides is 1. The van der Waals surface area contributed by atoms with Crippen molar-refractivity contribution in [3.05, 3.63) is 12.7 Å². The summed E-state index contributed by atoms with van der Waals surface area (Å²) in [5.41, 5.74) is -0.458. The van der Waals surface area contributed by atoms with Gasteiger partial charge in [-0.05, 0) is 66.2 Å². The standard InChI is InChI=1S/C22H41N7O2.HI/c1-6-23-20(24-12-8-9-13-27-17-25-26-18-27)29-14-10-19(11-15-29)16-28(7-2)21(30)31-22(3,4)5;/h17-19H,6-16H2,1-5H3,(H,23,24);1H. The second-order valence-electron chi connectivity index (χ2n) is 9.09. The summed E-state index contributed by atoms with van der Waals surface area (Å²) in [5, 5.41) is 11.1. The molecule has 1 aliphatic rings. The number of likely N-dealkylation sites (tertiary alicyclic amines) is 1. The molecule has 0 aromatic carbocycles. The third-order valence-corrected chi connectivity index (χ3v) is 5.31. The molecule has 1 N–H and O–H groups in total. The van der Waals surface area contributed by atoms with Crippen molar-refractivity contribution in [2.24, 2.45) is 10.9 Å². The fourth-order valence-electron chi connectivity index (χ4n) is 3.65. The van der Waals surface area contributed by atoms with Gasteiger partial charge in [0.05, 0.1) is 0 Å². The second-order valence-corrected chi connectivity index (χ2v) is 9.09. The quantitative estimate of drug-likeness (QED) is 0.214. The summed E-state index contributed by atoms with van der Waals surface area (Å²) in [7, 11) is 0. The first-order chi connectivity index (χ1) is 14.8. The molecule has 1 fully saturated rings. The number of rotatable bonds is 9. The van der Waals surface area contributed by atoms with Gasteiger partial charge in [0.15, 0.2) is 5.96 Å². The van der Waals surface area contributed by atoms with Crippen molar-refractivity contribution in [1.82, 2.24) is 29.9 Å². The number of aromatic nitrogens is 3. The fourth-order valence-corrected chi connectivity index (χ4v) is 3.65. The number of carbonyl (C=O) groups is 1. The molecule has 2 rings (SSSR count). The summed E-state index contributed by atoms with van der Waals surface area (Å²) in [6.07, 6.45) is 7.49. The monoisotopic (exact) mass is 563 g/mol. The van der Waals surface area contributed by atoms with Gasteiger partial charge in [-0.3, -0.25) is 4.99 Å². The maximum atomic E-state index is 12.4. The number of ether oxygens (including phenoxy) is 1. The minimum Gasteiger partial charge on any atom is -0.444 e. The zero-order valence-electron chi connectivity index (χ0n) is 20.4. The molecule has 1 saturated heterocycles. The highest BCUT2D eigenvalue weighted by Crippen LogP contribution is 2.20. The molecule has 0 aliphatic carbocycles. The van der Waals surface area contributed by atoms with Crippen LogP contribution in [0, 0.1) is 5.92 Å². The van der Waals surface area contributed by atoms with Gasteiger partial charge in [-0.15, -0.1) is 34.2 Å². The molecule has 0 bridgehead atoms. The molecule has 184 valence electrons. The molecule has 0 radical (unpaired) electrons. The van der Waals surface area contributed by atoms with Gasteiger partial charge >= 0.3 is 6.09 Å². The number of guanidine groups is 1. The van der Waals surface area contributed by atoms with E-state index < -0.39 is 5.60 Å². The van der Waals surface area contributed by atoms with Crippen LogP contribution in [-0.4, -0.2) is 81.5 Å². The zero-order valence-corrected chi connectivity index (χ0v) is 22.7. The van der Waals surface area contributed by atoms with Gasteiger partial charge in [0.1, 0.15) is 18.3 Å². The Bertz CT molecular complexity index is 668. The third-order valence-electron chi connectivity index (χ3n) is 5.31. The van der Waals surface area contributed by atoms with Gasteiger partial charge in [0.2, 0.25) is 0 Å². The minimum absolute atomic E-state index is 0. The van der Waals surface area contributed by atoms with Crippen molar-refractivity contribution < 1.29 is 9.53 Å². The summed E-state index contributed by atoms with van der Waals surface area (Å²) in [6, 6.07) is 0. The maximum absolute atomic E-state index is 12.4. The Hall–Kier alpha value is -1.59. The number of carbonyl (C=O) groups excluding carboxylic acids is 1. The Kier molecular flexibility index (Phi) is 12.9. The Labute approximate surface area is 210 Å². The number of nitrogens with one attached hydrogen (secondary N) is 1. The molecular weight excluding hydrogens is 521 g/mol. The minimum atomic E-state index is -0.458. The van der Waals surface area contributed by atoms with E-state index in [4.69, 9.17) is 9.73 Å². The number of halogens is 1. The molecule has 2 heterocycles. The van der Waals surface area contributed by atoms with Gasteiger partial charge in [-0.25, -0.2) is 4.79 Å². The highest BCUT2D eigenvalue weighted by atomic mass is 127. The van der Waals surface area contributed by atoms with E-state index in [1.807, 2.05) is 37.2 Å². The average molecular weight is 564 g/mol. The molecule has 9 nitrogen and oxygen atoms in total. The van der Waals surface area contributed by atoms with Crippen LogP contribution in [0.2, 0.25) is 0 Å². The van der Waals surface area contributed by atoms with Crippen LogP contribution in [0.4, 0.5) is 4.79 Å². The second kappa shape index (κ2) is 14.5. The third kappa shape index (κ3) is 10.4.